The first-order valence-electron chi connectivity index (χ1n) is 10.4. The number of nitriles is 1. The molecule has 170 valence electrons. The molecule has 9 heteroatoms. The third kappa shape index (κ3) is 4.41. The molecule has 2 heterocycles. The predicted molar refractivity (Wildman–Crippen MR) is 121 cm³/mol. The zero-order valence-electron chi connectivity index (χ0n) is 18.7. The summed E-state index contributed by atoms with van der Waals surface area (Å²) in [5.41, 5.74) is 1.46. The van der Waals surface area contributed by atoms with Crippen molar-refractivity contribution in [2.45, 2.75) is 0 Å². The van der Waals surface area contributed by atoms with Gasteiger partial charge in [0.15, 0.2) is 11.5 Å². The van der Waals surface area contributed by atoms with Crippen molar-refractivity contribution in [1.29, 1.82) is 5.26 Å². The molecule has 0 unspecified atom stereocenters. The van der Waals surface area contributed by atoms with E-state index in [2.05, 4.69) is 11.1 Å². The Morgan fingerprint density at radius 1 is 1.00 bits per heavy atom. The van der Waals surface area contributed by atoms with Gasteiger partial charge in [0.05, 0.1) is 21.3 Å². The Hall–Kier alpha value is -4.19. The normalized spacial score (nSPS) is 13.4. The number of nitrogens with zero attached hydrogens (tertiary/aromatic N) is 4. The minimum absolute atomic E-state index is 0.0919. The third-order valence-corrected chi connectivity index (χ3v) is 5.52. The maximum absolute atomic E-state index is 13.0. The van der Waals surface area contributed by atoms with Crippen LogP contribution in [0.1, 0.15) is 16.1 Å². The molecule has 1 saturated heterocycles. The number of amides is 1. The molecule has 0 N–H and O–H groups in total. The average molecular weight is 448 g/mol. The number of ether oxygens (including phenoxy) is 3. The maximum Gasteiger partial charge on any atom is 0.254 e. The largest absolute Gasteiger partial charge is 0.497 e. The zero-order valence-corrected chi connectivity index (χ0v) is 18.7. The first-order chi connectivity index (χ1) is 16.1. The standard InChI is InChI=1S/C24H24N4O5/c1-30-18-6-4-5-16(13-18)22-26-19(15-25)24(33-22)28-11-9-27(10-12-28)23(29)17-7-8-20(31-2)21(14-17)32-3/h4-8,13-14H,9-12H2,1-3H3. The van der Waals surface area contributed by atoms with Gasteiger partial charge in [-0.2, -0.15) is 10.2 Å². The summed E-state index contributed by atoms with van der Waals surface area (Å²) < 4.78 is 21.8. The van der Waals surface area contributed by atoms with Crippen LogP contribution in [0.25, 0.3) is 11.5 Å². The molecule has 0 aliphatic carbocycles. The van der Waals surface area contributed by atoms with E-state index in [-0.39, 0.29) is 11.6 Å². The van der Waals surface area contributed by atoms with Crippen LogP contribution in [-0.2, 0) is 0 Å². The second kappa shape index (κ2) is 9.53. The number of benzene rings is 2. The van der Waals surface area contributed by atoms with Crippen LogP contribution in [0.4, 0.5) is 5.88 Å². The fourth-order valence-electron chi connectivity index (χ4n) is 3.74. The smallest absolute Gasteiger partial charge is 0.254 e. The molecule has 4 rings (SSSR count). The van der Waals surface area contributed by atoms with Crippen molar-refractivity contribution in [3.05, 3.63) is 53.7 Å². The van der Waals surface area contributed by atoms with Crippen molar-refractivity contribution in [1.82, 2.24) is 9.88 Å². The maximum atomic E-state index is 13.0. The first kappa shape index (κ1) is 22.0. The summed E-state index contributed by atoms with van der Waals surface area (Å²) in [6, 6.07) is 14.5. The zero-order chi connectivity index (χ0) is 23.4. The monoisotopic (exact) mass is 448 g/mol. The number of hydrogen-bond acceptors (Lipinski definition) is 8. The molecule has 0 atom stereocenters. The highest BCUT2D eigenvalue weighted by atomic mass is 16.5. The minimum atomic E-state index is -0.0919. The first-order valence-corrected chi connectivity index (χ1v) is 10.4. The SMILES string of the molecule is COc1cccc(-c2nc(C#N)c(N3CCN(C(=O)c4ccc(OC)c(OC)c4)CC3)o2)c1. The minimum Gasteiger partial charge on any atom is -0.497 e. The number of oxazole rings is 1. The molecular weight excluding hydrogens is 424 g/mol. The van der Waals surface area contributed by atoms with Crippen LogP contribution in [0.15, 0.2) is 46.9 Å². The van der Waals surface area contributed by atoms with Crippen molar-refractivity contribution >= 4 is 11.8 Å². The lowest BCUT2D eigenvalue weighted by molar-refractivity contribution is 0.0745. The molecule has 33 heavy (non-hydrogen) atoms. The van der Waals surface area contributed by atoms with Gasteiger partial charge in [-0.3, -0.25) is 4.79 Å². The van der Waals surface area contributed by atoms with E-state index in [4.69, 9.17) is 18.6 Å². The Morgan fingerprint density at radius 2 is 1.76 bits per heavy atom. The second-order valence-electron chi connectivity index (χ2n) is 7.37. The van der Waals surface area contributed by atoms with Crippen LogP contribution < -0.4 is 19.1 Å². The average Bonchev–Trinajstić information content (AvgIpc) is 3.32. The van der Waals surface area contributed by atoms with Gasteiger partial charge < -0.3 is 28.4 Å². The summed E-state index contributed by atoms with van der Waals surface area (Å²) >= 11 is 0. The Bertz CT molecular complexity index is 1190. The highest BCUT2D eigenvalue weighted by Gasteiger charge is 2.27. The molecule has 1 fully saturated rings. The van der Waals surface area contributed by atoms with E-state index >= 15 is 0 Å². The fraction of sp³-hybridized carbons (Fsp3) is 0.292. The van der Waals surface area contributed by atoms with Gasteiger partial charge >= 0.3 is 0 Å². The molecule has 2 aromatic carbocycles. The summed E-state index contributed by atoms with van der Waals surface area (Å²) in [4.78, 5) is 21.1. The van der Waals surface area contributed by atoms with Gasteiger partial charge in [0.2, 0.25) is 17.5 Å². The number of aromatic nitrogens is 1. The molecule has 3 aromatic rings. The Balaban J connectivity index is 1.48. The van der Waals surface area contributed by atoms with Crippen molar-refractivity contribution in [2.24, 2.45) is 0 Å². The van der Waals surface area contributed by atoms with E-state index in [0.29, 0.717) is 60.8 Å². The van der Waals surface area contributed by atoms with Gasteiger partial charge in [0.1, 0.15) is 11.8 Å². The van der Waals surface area contributed by atoms with Crippen LogP contribution in [0, 0.1) is 11.3 Å². The van der Waals surface area contributed by atoms with E-state index < -0.39 is 0 Å². The lowest BCUT2D eigenvalue weighted by Gasteiger charge is -2.34. The Labute approximate surface area is 191 Å². The molecule has 1 amide bonds. The van der Waals surface area contributed by atoms with E-state index in [1.807, 2.05) is 23.1 Å². The van der Waals surface area contributed by atoms with Crippen molar-refractivity contribution < 1.29 is 23.4 Å². The number of anilines is 1. The topological polar surface area (TPSA) is 101 Å². The number of rotatable bonds is 6. The van der Waals surface area contributed by atoms with Crippen molar-refractivity contribution in [3.63, 3.8) is 0 Å². The van der Waals surface area contributed by atoms with Crippen LogP contribution >= 0.6 is 0 Å². The van der Waals surface area contributed by atoms with Gasteiger partial charge in [-0.15, -0.1) is 0 Å². The van der Waals surface area contributed by atoms with Gasteiger partial charge in [-0.25, -0.2) is 0 Å². The van der Waals surface area contributed by atoms with Gasteiger partial charge in [-0.1, -0.05) is 6.07 Å². The van der Waals surface area contributed by atoms with Gasteiger partial charge in [-0.05, 0) is 36.4 Å². The number of carbonyl (C=O) groups is 1. The van der Waals surface area contributed by atoms with Gasteiger partial charge in [0.25, 0.3) is 5.91 Å². The molecular formula is C24H24N4O5. The van der Waals surface area contributed by atoms with Gasteiger partial charge in [0, 0.05) is 37.3 Å². The van der Waals surface area contributed by atoms with Crippen LogP contribution in [-0.4, -0.2) is 63.3 Å². The number of carbonyl (C=O) groups excluding carboxylic acids is 1. The van der Waals surface area contributed by atoms with E-state index in [0.717, 1.165) is 5.56 Å². The lowest BCUT2D eigenvalue weighted by Crippen LogP contribution is -2.48. The summed E-state index contributed by atoms with van der Waals surface area (Å²) in [5, 5.41) is 9.58. The van der Waals surface area contributed by atoms with E-state index in [1.54, 1.807) is 43.4 Å². The van der Waals surface area contributed by atoms with E-state index in [9.17, 15) is 10.1 Å². The Morgan fingerprint density at radius 3 is 2.42 bits per heavy atom. The van der Waals surface area contributed by atoms with Crippen LogP contribution in [0.2, 0.25) is 0 Å². The summed E-state index contributed by atoms with van der Waals surface area (Å²) in [6.45, 7) is 1.99. The summed E-state index contributed by atoms with van der Waals surface area (Å²) in [7, 11) is 4.68. The molecule has 0 spiro atoms. The summed E-state index contributed by atoms with van der Waals surface area (Å²) in [6.07, 6.45) is 0. The van der Waals surface area contributed by atoms with Crippen LogP contribution in [0.3, 0.4) is 0 Å². The predicted octanol–water partition coefficient (Wildman–Crippen LogP) is 3.20. The highest BCUT2D eigenvalue weighted by Crippen LogP contribution is 2.31. The molecule has 0 radical (unpaired) electrons. The number of methoxy groups -OCH3 is 3. The third-order valence-electron chi connectivity index (χ3n) is 5.52. The molecule has 0 bridgehead atoms. The number of piperazine rings is 1. The van der Waals surface area contributed by atoms with Crippen molar-refractivity contribution in [3.8, 4) is 34.8 Å². The molecule has 9 nitrogen and oxygen atoms in total. The highest BCUT2D eigenvalue weighted by molar-refractivity contribution is 5.95. The van der Waals surface area contributed by atoms with Crippen molar-refractivity contribution in [2.75, 3.05) is 52.4 Å². The van der Waals surface area contributed by atoms with Crippen LogP contribution in [0.5, 0.6) is 17.2 Å². The summed E-state index contributed by atoms with van der Waals surface area (Å²) in [5.74, 6) is 2.42. The number of hydrogen-bond donors (Lipinski definition) is 0. The molecule has 1 aliphatic rings. The molecule has 1 aliphatic heterocycles. The molecule has 1 aromatic heterocycles. The lowest BCUT2D eigenvalue weighted by atomic mass is 10.1. The fourth-order valence-corrected chi connectivity index (χ4v) is 3.74. The Kier molecular flexibility index (Phi) is 6.36. The quantitative estimate of drug-likeness (QED) is 0.567. The second-order valence-corrected chi connectivity index (χ2v) is 7.37. The van der Waals surface area contributed by atoms with E-state index in [1.165, 1.54) is 7.11 Å². The molecule has 0 saturated carbocycles.